The summed E-state index contributed by atoms with van der Waals surface area (Å²) >= 11 is 1.41. The molecule has 0 fully saturated rings. The van der Waals surface area contributed by atoms with Gasteiger partial charge >= 0.3 is 0 Å². The van der Waals surface area contributed by atoms with E-state index in [1.807, 2.05) is 47.0 Å². The molecule has 162 valence electrons. The van der Waals surface area contributed by atoms with E-state index in [1.165, 1.54) is 15.9 Å². The van der Waals surface area contributed by atoms with Gasteiger partial charge in [0.1, 0.15) is 16.3 Å². The third kappa shape index (κ3) is 4.46. The van der Waals surface area contributed by atoms with Crippen LogP contribution in [0, 0.1) is 0 Å². The van der Waals surface area contributed by atoms with Crippen LogP contribution in [0.1, 0.15) is 31.2 Å². The molecule has 0 saturated carbocycles. The lowest BCUT2D eigenvalue weighted by Crippen LogP contribution is -2.25. The van der Waals surface area contributed by atoms with E-state index in [0.29, 0.717) is 42.9 Å². The summed E-state index contributed by atoms with van der Waals surface area (Å²) in [5.41, 5.74) is 1.91. The number of thiophene rings is 1. The van der Waals surface area contributed by atoms with Crippen molar-refractivity contribution in [1.29, 1.82) is 0 Å². The maximum Gasteiger partial charge on any atom is 0.272 e. The summed E-state index contributed by atoms with van der Waals surface area (Å²) in [4.78, 5) is 24.6. The van der Waals surface area contributed by atoms with Crippen LogP contribution in [0.3, 0.4) is 0 Å². The topological polar surface area (TPSA) is 90.5 Å². The third-order valence-corrected chi connectivity index (χ3v) is 6.06. The standard InChI is InChI=1S/C22H25N5O3S/c1-3-30-16-9-7-15(8-10-16)11-13-23-19(28)6-4-5-18-24-25-22-26(2)21(29)20-17(27(18)22)12-14-31-20/h7-10,12,14H,3-6,11,13H2,1-2H3,(H,23,28). The SMILES string of the molecule is CCOc1ccc(CCNC(=O)CCCc2nnc3n(C)c(=O)c4sccc4n23)cc1. The molecule has 8 nitrogen and oxygen atoms in total. The highest BCUT2D eigenvalue weighted by molar-refractivity contribution is 7.17. The Balaban J connectivity index is 1.30. The molecule has 0 aliphatic rings. The summed E-state index contributed by atoms with van der Waals surface area (Å²) in [6.07, 6.45) is 2.45. The number of nitrogens with one attached hydrogen (secondary N) is 1. The van der Waals surface area contributed by atoms with Crippen molar-refractivity contribution in [3.05, 3.63) is 57.5 Å². The van der Waals surface area contributed by atoms with Crippen LogP contribution in [0.2, 0.25) is 0 Å². The number of benzene rings is 1. The van der Waals surface area contributed by atoms with Crippen LogP contribution >= 0.6 is 11.3 Å². The molecule has 3 aromatic heterocycles. The second-order valence-corrected chi connectivity index (χ2v) is 8.20. The first-order valence-electron chi connectivity index (χ1n) is 10.4. The number of rotatable bonds is 9. The van der Waals surface area contributed by atoms with Crippen molar-refractivity contribution in [2.45, 2.75) is 32.6 Å². The quantitative estimate of drug-likeness (QED) is 0.433. The fourth-order valence-corrected chi connectivity index (χ4v) is 4.43. The average molecular weight is 440 g/mol. The fraction of sp³-hybridized carbons (Fsp3) is 0.364. The van der Waals surface area contributed by atoms with Gasteiger partial charge in [-0.25, -0.2) is 0 Å². The highest BCUT2D eigenvalue weighted by Gasteiger charge is 2.15. The number of hydrogen-bond donors (Lipinski definition) is 1. The molecular weight excluding hydrogens is 414 g/mol. The van der Waals surface area contributed by atoms with E-state index in [2.05, 4.69) is 15.5 Å². The fourth-order valence-electron chi connectivity index (χ4n) is 3.58. The lowest BCUT2D eigenvalue weighted by atomic mass is 10.1. The molecule has 0 saturated heterocycles. The van der Waals surface area contributed by atoms with E-state index in [4.69, 9.17) is 4.74 Å². The molecule has 0 atom stereocenters. The number of carbonyl (C=O) groups is 1. The van der Waals surface area contributed by atoms with E-state index in [1.54, 1.807) is 7.05 Å². The first-order chi connectivity index (χ1) is 15.1. The van der Waals surface area contributed by atoms with Gasteiger partial charge < -0.3 is 10.1 Å². The molecule has 0 radical (unpaired) electrons. The zero-order valence-corrected chi connectivity index (χ0v) is 18.4. The van der Waals surface area contributed by atoms with E-state index in [0.717, 1.165) is 29.1 Å². The summed E-state index contributed by atoms with van der Waals surface area (Å²) < 4.78 is 9.55. The molecular formula is C22H25N5O3S. The molecule has 9 heteroatoms. The van der Waals surface area contributed by atoms with Gasteiger partial charge in [0.15, 0.2) is 0 Å². The summed E-state index contributed by atoms with van der Waals surface area (Å²) in [5, 5.41) is 13.3. The molecule has 1 amide bonds. The Morgan fingerprint density at radius 1 is 1.16 bits per heavy atom. The molecule has 0 aliphatic carbocycles. The minimum atomic E-state index is -0.0663. The first-order valence-corrected chi connectivity index (χ1v) is 11.2. The number of nitrogens with zero attached hydrogens (tertiary/aromatic N) is 4. The molecule has 0 unspecified atom stereocenters. The predicted octanol–water partition coefficient (Wildman–Crippen LogP) is 2.72. The van der Waals surface area contributed by atoms with Crippen LogP contribution in [0.25, 0.3) is 16.0 Å². The smallest absolute Gasteiger partial charge is 0.272 e. The Kier molecular flexibility index (Phi) is 6.31. The average Bonchev–Trinajstić information content (AvgIpc) is 3.41. The summed E-state index contributed by atoms with van der Waals surface area (Å²) in [7, 11) is 1.70. The van der Waals surface area contributed by atoms with Crippen LogP contribution in [-0.2, 0) is 24.7 Å². The highest BCUT2D eigenvalue weighted by atomic mass is 32.1. The largest absolute Gasteiger partial charge is 0.494 e. The molecule has 3 heterocycles. The second-order valence-electron chi connectivity index (χ2n) is 7.28. The van der Waals surface area contributed by atoms with E-state index < -0.39 is 0 Å². The number of aryl methyl sites for hydroxylation is 2. The van der Waals surface area contributed by atoms with Gasteiger partial charge in [-0.15, -0.1) is 21.5 Å². The van der Waals surface area contributed by atoms with Crippen molar-refractivity contribution in [2.75, 3.05) is 13.2 Å². The summed E-state index contributed by atoms with van der Waals surface area (Å²) in [6.45, 7) is 3.20. The lowest BCUT2D eigenvalue weighted by molar-refractivity contribution is -0.121. The van der Waals surface area contributed by atoms with Crippen LogP contribution in [-0.4, -0.2) is 38.2 Å². The van der Waals surface area contributed by atoms with E-state index in [9.17, 15) is 9.59 Å². The molecule has 31 heavy (non-hydrogen) atoms. The minimum absolute atomic E-state index is 0.0211. The molecule has 4 rings (SSSR count). The van der Waals surface area contributed by atoms with Gasteiger partial charge in [-0.2, -0.15) is 0 Å². The Morgan fingerprint density at radius 2 is 1.97 bits per heavy atom. The van der Waals surface area contributed by atoms with Crippen molar-refractivity contribution in [2.24, 2.45) is 7.05 Å². The van der Waals surface area contributed by atoms with Crippen LogP contribution in [0.15, 0.2) is 40.5 Å². The Bertz CT molecular complexity index is 1260. The van der Waals surface area contributed by atoms with E-state index >= 15 is 0 Å². The van der Waals surface area contributed by atoms with Gasteiger partial charge in [-0.05, 0) is 48.9 Å². The van der Waals surface area contributed by atoms with Gasteiger partial charge in [0.25, 0.3) is 5.56 Å². The number of aromatic nitrogens is 4. The van der Waals surface area contributed by atoms with Gasteiger partial charge in [-0.1, -0.05) is 12.1 Å². The molecule has 4 aromatic rings. The second kappa shape index (κ2) is 9.30. The van der Waals surface area contributed by atoms with Crippen molar-refractivity contribution in [3.8, 4) is 5.75 Å². The molecule has 1 N–H and O–H groups in total. The summed E-state index contributed by atoms with van der Waals surface area (Å²) in [5.74, 6) is 2.16. The number of amides is 1. The van der Waals surface area contributed by atoms with Crippen molar-refractivity contribution in [1.82, 2.24) is 24.5 Å². The normalized spacial score (nSPS) is 11.3. The minimum Gasteiger partial charge on any atom is -0.494 e. The number of carbonyl (C=O) groups excluding carboxylic acids is 1. The van der Waals surface area contributed by atoms with Crippen molar-refractivity contribution in [3.63, 3.8) is 0 Å². The zero-order valence-electron chi connectivity index (χ0n) is 17.6. The molecule has 0 spiro atoms. The maximum absolute atomic E-state index is 12.4. The van der Waals surface area contributed by atoms with Gasteiger partial charge in [0.05, 0.1) is 12.1 Å². The van der Waals surface area contributed by atoms with Crippen LogP contribution < -0.4 is 15.6 Å². The van der Waals surface area contributed by atoms with Gasteiger partial charge in [0, 0.05) is 26.4 Å². The molecule has 0 bridgehead atoms. The number of hydrogen-bond acceptors (Lipinski definition) is 6. The Morgan fingerprint density at radius 3 is 2.74 bits per heavy atom. The maximum atomic E-state index is 12.4. The van der Waals surface area contributed by atoms with Gasteiger partial charge in [-0.3, -0.25) is 18.6 Å². The van der Waals surface area contributed by atoms with Crippen LogP contribution in [0.5, 0.6) is 5.75 Å². The number of fused-ring (bicyclic) bond motifs is 3. The van der Waals surface area contributed by atoms with Gasteiger partial charge in [0.2, 0.25) is 11.7 Å². The third-order valence-electron chi connectivity index (χ3n) is 5.17. The predicted molar refractivity (Wildman–Crippen MR) is 121 cm³/mol. The zero-order chi connectivity index (χ0) is 21.8. The Hall–Kier alpha value is -3.20. The number of ether oxygens (including phenoxy) is 1. The Labute approximate surface area is 183 Å². The van der Waals surface area contributed by atoms with Crippen molar-refractivity contribution < 1.29 is 9.53 Å². The lowest BCUT2D eigenvalue weighted by Gasteiger charge is -2.07. The van der Waals surface area contributed by atoms with Crippen LogP contribution in [0.4, 0.5) is 0 Å². The molecule has 0 aliphatic heterocycles. The summed E-state index contributed by atoms with van der Waals surface area (Å²) in [6, 6.07) is 9.85. The highest BCUT2D eigenvalue weighted by Crippen LogP contribution is 2.20. The van der Waals surface area contributed by atoms with E-state index in [-0.39, 0.29) is 11.5 Å². The first kappa shape index (κ1) is 21.0. The monoisotopic (exact) mass is 439 g/mol. The molecule has 1 aromatic carbocycles. The van der Waals surface area contributed by atoms with Crippen molar-refractivity contribution >= 4 is 33.2 Å².